The number of para-hydroxylation sites is 1. The summed E-state index contributed by atoms with van der Waals surface area (Å²) in [4.78, 5) is 47.2. The largest absolute Gasteiger partial charge is 0.332 e. The van der Waals surface area contributed by atoms with Crippen molar-refractivity contribution in [2.24, 2.45) is 11.3 Å². The summed E-state index contributed by atoms with van der Waals surface area (Å²) in [5.74, 6) is -0.0951. The van der Waals surface area contributed by atoms with E-state index in [4.69, 9.17) is 4.98 Å². The summed E-state index contributed by atoms with van der Waals surface area (Å²) in [5.41, 5.74) is 0.0283. The maximum atomic E-state index is 13.4. The van der Waals surface area contributed by atoms with Gasteiger partial charge in [0.1, 0.15) is 17.1 Å². The summed E-state index contributed by atoms with van der Waals surface area (Å²) in [5, 5.41) is 3.89. The van der Waals surface area contributed by atoms with Crippen molar-refractivity contribution in [3.8, 4) is 0 Å². The summed E-state index contributed by atoms with van der Waals surface area (Å²) in [6.45, 7) is 6.83. The summed E-state index contributed by atoms with van der Waals surface area (Å²) in [7, 11) is 0. The van der Waals surface area contributed by atoms with Crippen LogP contribution < -0.4 is 5.32 Å². The lowest BCUT2D eigenvalue weighted by Crippen LogP contribution is -2.54. The molecule has 1 N–H and O–H groups in total. The summed E-state index contributed by atoms with van der Waals surface area (Å²) in [6.07, 6.45) is 4.00. The maximum absolute atomic E-state index is 13.4. The number of rotatable bonds is 3. The van der Waals surface area contributed by atoms with Crippen molar-refractivity contribution in [1.29, 1.82) is 0 Å². The van der Waals surface area contributed by atoms with Crippen LogP contribution in [0.5, 0.6) is 0 Å². The van der Waals surface area contributed by atoms with Gasteiger partial charge in [-0.05, 0) is 55.6 Å². The molecule has 5 rings (SSSR count). The molecule has 1 saturated carbocycles. The number of likely N-dealkylation sites (tertiary alicyclic amines) is 1. The number of carbonyl (C=O) groups excluding carboxylic acids is 3. The lowest BCUT2D eigenvalue weighted by Gasteiger charge is -2.43. The Kier molecular flexibility index (Phi) is 5.04. The minimum Gasteiger partial charge on any atom is -0.332 e. The summed E-state index contributed by atoms with van der Waals surface area (Å²) >= 11 is 1.61. The number of hydrogen-bond donors (Lipinski definition) is 1. The quantitative estimate of drug-likeness (QED) is 0.708. The highest BCUT2D eigenvalue weighted by Gasteiger charge is 2.56. The average Bonchev–Trinajstić information content (AvgIpc) is 3.39. The topological polar surface area (TPSA) is 82.6 Å². The predicted octanol–water partition coefficient (Wildman–Crippen LogP) is 4.10. The molecule has 7 nitrogen and oxygen atoms in total. The van der Waals surface area contributed by atoms with E-state index in [-0.39, 0.29) is 29.8 Å². The van der Waals surface area contributed by atoms with Gasteiger partial charge in [0.05, 0.1) is 16.3 Å². The number of thiazole rings is 1. The van der Waals surface area contributed by atoms with Crippen LogP contribution in [-0.2, 0) is 9.59 Å². The normalized spacial score (nSPS) is 29.8. The Morgan fingerprint density at radius 1 is 1.25 bits per heavy atom. The standard InChI is InChI=1S/C24H30N4O3S/c1-15-11-23(2,3)14-24(12-15)21(30)28(22(31)26-24)13-19(29)27-10-6-8-17(27)20-25-16-7-4-5-9-18(16)32-20/h4-5,7,9,15,17H,6,8,10-14H2,1-3H3,(H,26,31). The molecule has 3 atom stereocenters. The number of fused-ring (bicyclic) bond motifs is 1. The van der Waals surface area contributed by atoms with Crippen LogP contribution in [0.2, 0.25) is 0 Å². The van der Waals surface area contributed by atoms with Crippen molar-refractivity contribution in [3.63, 3.8) is 0 Å². The van der Waals surface area contributed by atoms with Crippen LogP contribution in [0, 0.1) is 11.3 Å². The van der Waals surface area contributed by atoms with Crippen molar-refractivity contribution in [2.45, 2.75) is 64.5 Å². The first-order valence-corrected chi connectivity index (χ1v) is 12.3. The Labute approximate surface area is 192 Å². The zero-order valence-corrected chi connectivity index (χ0v) is 19.7. The maximum Gasteiger partial charge on any atom is 0.325 e. The molecule has 32 heavy (non-hydrogen) atoms. The van der Waals surface area contributed by atoms with Crippen LogP contribution in [0.4, 0.5) is 4.79 Å². The molecule has 8 heteroatoms. The highest BCUT2D eigenvalue weighted by atomic mass is 32.1. The van der Waals surface area contributed by atoms with E-state index in [2.05, 4.69) is 26.1 Å². The minimum absolute atomic E-state index is 0.0342. The van der Waals surface area contributed by atoms with E-state index < -0.39 is 11.6 Å². The smallest absolute Gasteiger partial charge is 0.325 e. The second kappa shape index (κ2) is 7.54. The number of urea groups is 1. The van der Waals surface area contributed by atoms with Gasteiger partial charge in [-0.25, -0.2) is 9.78 Å². The molecule has 0 bridgehead atoms. The van der Waals surface area contributed by atoms with Gasteiger partial charge in [0.2, 0.25) is 5.91 Å². The van der Waals surface area contributed by atoms with Gasteiger partial charge in [0.25, 0.3) is 5.91 Å². The van der Waals surface area contributed by atoms with Crippen molar-refractivity contribution in [2.75, 3.05) is 13.1 Å². The van der Waals surface area contributed by atoms with Gasteiger partial charge in [-0.3, -0.25) is 14.5 Å². The average molecular weight is 455 g/mol. The molecule has 4 amide bonds. The molecular weight excluding hydrogens is 424 g/mol. The predicted molar refractivity (Wildman–Crippen MR) is 123 cm³/mol. The van der Waals surface area contributed by atoms with E-state index in [1.807, 2.05) is 24.3 Å². The summed E-state index contributed by atoms with van der Waals surface area (Å²) in [6, 6.07) is 7.44. The van der Waals surface area contributed by atoms with E-state index >= 15 is 0 Å². The van der Waals surface area contributed by atoms with Crippen LogP contribution in [0.25, 0.3) is 10.2 Å². The number of nitrogens with zero attached hydrogens (tertiary/aromatic N) is 3. The molecule has 1 aromatic heterocycles. The molecule has 1 aromatic carbocycles. The first kappa shape index (κ1) is 21.4. The lowest BCUT2D eigenvalue weighted by atomic mass is 9.64. The number of amides is 4. The molecule has 170 valence electrons. The Balaban J connectivity index is 1.34. The molecule has 3 fully saturated rings. The fourth-order valence-corrected chi connectivity index (χ4v) is 7.35. The van der Waals surface area contributed by atoms with Gasteiger partial charge >= 0.3 is 6.03 Å². The van der Waals surface area contributed by atoms with Gasteiger partial charge in [0.15, 0.2) is 0 Å². The SMILES string of the molecule is CC1CC(C)(C)CC2(C1)NC(=O)N(CC(=O)N1CCCC1c1nc3ccccc3s1)C2=O. The minimum atomic E-state index is -0.879. The third-order valence-electron chi connectivity index (χ3n) is 7.09. The first-order valence-electron chi connectivity index (χ1n) is 11.5. The van der Waals surface area contributed by atoms with Crippen molar-refractivity contribution in [3.05, 3.63) is 29.3 Å². The molecule has 2 aliphatic heterocycles. The molecular formula is C24H30N4O3S. The van der Waals surface area contributed by atoms with Crippen LogP contribution in [0.1, 0.15) is 63.9 Å². The zero-order chi connectivity index (χ0) is 22.7. The molecule has 3 heterocycles. The van der Waals surface area contributed by atoms with E-state index in [9.17, 15) is 14.4 Å². The molecule has 1 spiro atoms. The van der Waals surface area contributed by atoms with Gasteiger partial charge < -0.3 is 10.2 Å². The first-order chi connectivity index (χ1) is 15.2. The fourth-order valence-electron chi connectivity index (χ4n) is 6.23. The lowest BCUT2D eigenvalue weighted by molar-refractivity contribution is -0.141. The van der Waals surface area contributed by atoms with Crippen molar-refractivity contribution < 1.29 is 14.4 Å². The molecule has 2 saturated heterocycles. The molecule has 0 radical (unpaired) electrons. The van der Waals surface area contributed by atoms with Gasteiger partial charge in [-0.15, -0.1) is 11.3 Å². The van der Waals surface area contributed by atoms with Crippen LogP contribution in [0.15, 0.2) is 24.3 Å². The van der Waals surface area contributed by atoms with Crippen molar-refractivity contribution >= 4 is 39.4 Å². The third kappa shape index (κ3) is 3.58. The van der Waals surface area contributed by atoms with Gasteiger partial charge in [0, 0.05) is 6.54 Å². The van der Waals surface area contributed by atoms with Crippen LogP contribution in [-0.4, -0.2) is 51.3 Å². The highest BCUT2D eigenvalue weighted by molar-refractivity contribution is 7.18. The second-order valence-corrected chi connectivity index (χ2v) is 11.6. The summed E-state index contributed by atoms with van der Waals surface area (Å²) < 4.78 is 1.10. The molecule has 3 unspecified atom stereocenters. The molecule has 3 aliphatic rings. The highest BCUT2D eigenvalue weighted by Crippen LogP contribution is 2.46. The Morgan fingerprint density at radius 2 is 2.03 bits per heavy atom. The monoisotopic (exact) mass is 454 g/mol. The Bertz CT molecular complexity index is 1060. The number of hydrogen-bond acceptors (Lipinski definition) is 5. The third-order valence-corrected chi connectivity index (χ3v) is 8.22. The number of aromatic nitrogens is 1. The van der Waals surface area contributed by atoms with Crippen molar-refractivity contribution in [1.82, 2.24) is 20.1 Å². The van der Waals surface area contributed by atoms with Gasteiger partial charge in [-0.2, -0.15) is 0 Å². The van der Waals surface area contributed by atoms with E-state index in [1.54, 1.807) is 16.2 Å². The molecule has 1 aliphatic carbocycles. The van der Waals surface area contributed by atoms with Gasteiger partial charge in [-0.1, -0.05) is 32.9 Å². The van der Waals surface area contributed by atoms with E-state index in [1.165, 1.54) is 0 Å². The fraction of sp³-hybridized carbons (Fsp3) is 0.583. The number of imide groups is 1. The Morgan fingerprint density at radius 3 is 2.78 bits per heavy atom. The Hall–Kier alpha value is -2.48. The number of carbonyl (C=O) groups is 3. The number of nitrogens with one attached hydrogen (secondary N) is 1. The molecule has 2 aromatic rings. The van der Waals surface area contributed by atoms with Crippen LogP contribution >= 0.6 is 11.3 Å². The van der Waals surface area contributed by atoms with E-state index in [0.29, 0.717) is 25.3 Å². The van der Waals surface area contributed by atoms with E-state index in [0.717, 1.165) is 39.4 Å². The zero-order valence-electron chi connectivity index (χ0n) is 18.9. The van der Waals surface area contributed by atoms with Crippen LogP contribution in [0.3, 0.4) is 0 Å². The number of benzene rings is 1. The second-order valence-electron chi connectivity index (χ2n) is 10.5.